The summed E-state index contributed by atoms with van der Waals surface area (Å²) in [4.78, 5) is 22.3. The lowest BCUT2D eigenvalue weighted by atomic mass is 9.78. The molecule has 33 heavy (non-hydrogen) atoms. The second kappa shape index (κ2) is 6.94. The third kappa shape index (κ3) is 3.21. The van der Waals surface area contributed by atoms with E-state index in [4.69, 9.17) is 0 Å². The molecule has 1 N–H and O–H groups in total. The molecule has 6 nitrogen and oxygen atoms in total. The molecule has 3 heterocycles. The van der Waals surface area contributed by atoms with E-state index < -0.39 is 6.30 Å². The van der Waals surface area contributed by atoms with Gasteiger partial charge in [0, 0.05) is 17.4 Å². The number of β-lactam (4-membered cyclic amide) rings is 1. The molecule has 2 atom stereocenters. The Balaban J connectivity index is 1.36. The summed E-state index contributed by atoms with van der Waals surface area (Å²) < 4.78 is 38.8. The number of fused-ring (bicyclic) bond motifs is 1. The molecule has 2 aromatic heterocycles. The molecule has 0 unspecified atom stereocenters. The van der Waals surface area contributed by atoms with Gasteiger partial charge in [0.05, 0.1) is 35.5 Å². The summed E-state index contributed by atoms with van der Waals surface area (Å²) in [6.45, 7) is 1.87. The fourth-order valence-corrected chi connectivity index (χ4v) is 4.94. The third-order valence-corrected chi connectivity index (χ3v) is 6.70. The van der Waals surface area contributed by atoms with Crippen molar-refractivity contribution in [2.24, 2.45) is 11.8 Å². The Morgan fingerprint density at radius 3 is 2.64 bits per heavy atom. The smallest absolute Gasteiger partial charge is 0.345 e. The molecule has 1 amide bonds. The lowest BCUT2D eigenvalue weighted by molar-refractivity contribution is -0.212. The molecule has 2 aliphatic rings. The summed E-state index contributed by atoms with van der Waals surface area (Å²) in [7, 11) is 0. The minimum Gasteiger partial charge on any atom is -0.345 e. The Kier molecular flexibility index (Phi) is 4.21. The van der Waals surface area contributed by atoms with Crippen LogP contribution in [0.5, 0.6) is 0 Å². The van der Waals surface area contributed by atoms with Gasteiger partial charge in [0.1, 0.15) is 0 Å². The van der Waals surface area contributed by atoms with Crippen molar-refractivity contribution in [3.63, 3.8) is 0 Å². The highest BCUT2D eigenvalue weighted by molar-refractivity contribution is 6.04. The third-order valence-electron chi connectivity index (χ3n) is 6.70. The van der Waals surface area contributed by atoms with Gasteiger partial charge in [-0.05, 0) is 60.6 Å². The van der Waals surface area contributed by atoms with Crippen LogP contribution in [0.25, 0.3) is 22.2 Å². The van der Waals surface area contributed by atoms with Gasteiger partial charge in [-0.25, -0.2) is 4.98 Å². The molecule has 9 heteroatoms. The van der Waals surface area contributed by atoms with E-state index in [0.29, 0.717) is 17.0 Å². The molecule has 1 saturated heterocycles. The maximum atomic E-state index is 13.2. The van der Waals surface area contributed by atoms with Crippen molar-refractivity contribution in [2.45, 2.75) is 32.1 Å². The minimum absolute atomic E-state index is 0.0107. The molecule has 1 aliphatic heterocycles. The number of aryl methyl sites for hydroxylation is 1. The van der Waals surface area contributed by atoms with Crippen LogP contribution in [0.15, 0.2) is 55.1 Å². The molecular formula is C24H20F3N5O. The second-order valence-corrected chi connectivity index (χ2v) is 8.84. The zero-order valence-corrected chi connectivity index (χ0v) is 17.7. The average molecular weight is 451 g/mol. The number of nitrogens with zero attached hydrogens (tertiary/aromatic N) is 4. The number of amides is 1. The van der Waals surface area contributed by atoms with Crippen molar-refractivity contribution in [2.75, 3.05) is 4.90 Å². The van der Waals surface area contributed by atoms with Crippen LogP contribution in [0.4, 0.5) is 18.9 Å². The normalized spacial score (nSPS) is 21.0. The first-order chi connectivity index (χ1) is 15.8. The van der Waals surface area contributed by atoms with E-state index in [2.05, 4.69) is 15.1 Å². The lowest BCUT2D eigenvalue weighted by Crippen LogP contribution is -2.56. The number of hydrogen-bond acceptors (Lipinski definition) is 3. The second-order valence-electron chi connectivity index (χ2n) is 8.84. The van der Waals surface area contributed by atoms with Crippen molar-refractivity contribution in [3.05, 3.63) is 66.2 Å². The highest BCUT2D eigenvalue weighted by atomic mass is 19.4. The van der Waals surface area contributed by atoms with E-state index >= 15 is 0 Å². The number of carbonyl (C=O) groups is 1. The molecule has 6 rings (SSSR count). The number of H-pyrrole nitrogens is 1. The average Bonchev–Trinajstić information content (AvgIpc) is 3.25. The van der Waals surface area contributed by atoms with Crippen molar-refractivity contribution in [1.82, 2.24) is 19.7 Å². The fourth-order valence-electron chi connectivity index (χ4n) is 4.94. The number of alkyl halides is 3. The van der Waals surface area contributed by atoms with Crippen molar-refractivity contribution in [1.29, 1.82) is 0 Å². The van der Waals surface area contributed by atoms with Gasteiger partial charge >= 0.3 is 6.30 Å². The van der Waals surface area contributed by atoms with E-state index in [1.54, 1.807) is 6.33 Å². The van der Waals surface area contributed by atoms with Gasteiger partial charge in [0.15, 0.2) is 0 Å². The Morgan fingerprint density at radius 1 is 1.12 bits per heavy atom. The van der Waals surface area contributed by atoms with E-state index in [0.717, 1.165) is 46.9 Å². The van der Waals surface area contributed by atoms with Crippen molar-refractivity contribution < 1.29 is 18.0 Å². The molecule has 4 aromatic rings. The predicted octanol–water partition coefficient (Wildman–Crippen LogP) is 5.33. The molecular weight excluding hydrogens is 431 g/mol. The number of benzene rings is 2. The molecule has 168 valence electrons. The molecule has 1 saturated carbocycles. The van der Waals surface area contributed by atoms with Crippen LogP contribution in [0.3, 0.4) is 0 Å². The Hall–Kier alpha value is -3.62. The van der Waals surface area contributed by atoms with Crippen molar-refractivity contribution >= 4 is 22.6 Å². The van der Waals surface area contributed by atoms with Crippen LogP contribution >= 0.6 is 0 Å². The number of halogens is 3. The standard InChI is InChI=1S/C24H20F3N5O/c1-13-8-15(4-6-18(13)16-10-30-31(11-16)24(25,26)27)22-21(14-2-3-14)23(33)32(22)17-5-7-19-20(9-17)29-12-28-19/h4-12,14,21-22H,2-3H2,1H3,(H,28,29)/t21-,22+/m0/s1. The highest BCUT2D eigenvalue weighted by Crippen LogP contribution is 2.54. The number of rotatable bonds is 4. The molecule has 2 fully saturated rings. The Labute approximate surface area is 187 Å². The van der Waals surface area contributed by atoms with Gasteiger partial charge in [-0.1, -0.05) is 18.2 Å². The van der Waals surface area contributed by atoms with Gasteiger partial charge in [-0.2, -0.15) is 9.78 Å². The quantitative estimate of drug-likeness (QED) is 0.427. The van der Waals surface area contributed by atoms with E-state index in [1.165, 1.54) is 6.20 Å². The van der Waals surface area contributed by atoms with Gasteiger partial charge in [-0.15, -0.1) is 13.2 Å². The Morgan fingerprint density at radius 2 is 1.94 bits per heavy atom. The molecule has 1 aliphatic carbocycles. The van der Waals surface area contributed by atoms with Gasteiger partial charge < -0.3 is 9.88 Å². The van der Waals surface area contributed by atoms with E-state index in [1.807, 2.05) is 48.2 Å². The molecule has 0 spiro atoms. The van der Waals surface area contributed by atoms with Gasteiger partial charge in [0.2, 0.25) is 5.91 Å². The number of imidazole rings is 1. The van der Waals surface area contributed by atoms with Crippen molar-refractivity contribution in [3.8, 4) is 11.1 Å². The molecule has 0 radical (unpaired) electrons. The number of carbonyl (C=O) groups excluding carboxylic acids is 1. The maximum absolute atomic E-state index is 13.2. The number of aromatic nitrogens is 4. The fraction of sp³-hybridized carbons (Fsp3) is 0.292. The summed E-state index contributed by atoms with van der Waals surface area (Å²) in [6.07, 6.45) is 1.39. The summed E-state index contributed by atoms with van der Waals surface area (Å²) in [5.41, 5.74) is 5.43. The predicted molar refractivity (Wildman–Crippen MR) is 116 cm³/mol. The zero-order valence-electron chi connectivity index (χ0n) is 17.7. The topological polar surface area (TPSA) is 66.8 Å². The lowest BCUT2D eigenvalue weighted by Gasteiger charge is -2.48. The van der Waals surface area contributed by atoms with Crippen LogP contribution in [-0.4, -0.2) is 25.7 Å². The first-order valence-corrected chi connectivity index (χ1v) is 10.8. The maximum Gasteiger partial charge on any atom is 0.504 e. The highest BCUT2D eigenvalue weighted by Gasteiger charge is 2.55. The van der Waals surface area contributed by atoms with Crippen LogP contribution in [-0.2, 0) is 11.1 Å². The van der Waals surface area contributed by atoms with Crippen LogP contribution < -0.4 is 4.90 Å². The Bertz CT molecular complexity index is 1380. The monoisotopic (exact) mass is 451 g/mol. The zero-order chi connectivity index (χ0) is 22.9. The largest absolute Gasteiger partial charge is 0.504 e. The number of anilines is 1. The van der Waals surface area contributed by atoms with Gasteiger partial charge in [-0.3, -0.25) is 4.79 Å². The summed E-state index contributed by atoms with van der Waals surface area (Å²) in [5.74, 6) is 0.440. The molecule has 0 bridgehead atoms. The molecule has 2 aromatic carbocycles. The summed E-state index contributed by atoms with van der Waals surface area (Å²) in [6, 6.07) is 11.4. The van der Waals surface area contributed by atoms with E-state index in [9.17, 15) is 18.0 Å². The number of hydrogen-bond donors (Lipinski definition) is 1. The van der Waals surface area contributed by atoms with E-state index in [-0.39, 0.29) is 22.5 Å². The van der Waals surface area contributed by atoms with Crippen LogP contribution in [0, 0.1) is 18.8 Å². The first kappa shape index (κ1) is 20.0. The van der Waals surface area contributed by atoms with Crippen LogP contribution in [0.2, 0.25) is 0 Å². The summed E-state index contributed by atoms with van der Waals surface area (Å²) >= 11 is 0. The SMILES string of the molecule is Cc1cc([C@@H]2[C@H](C3CC3)C(=O)N2c2ccc3nc[nH]c3c2)ccc1-c1cnn(C(F)(F)F)c1. The van der Waals surface area contributed by atoms with Gasteiger partial charge in [0.25, 0.3) is 0 Å². The summed E-state index contributed by atoms with van der Waals surface area (Å²) in [5, 5.41) is 3.45. The number of nitrogens with one attached hydrogen (secondary N) is 1. The first-order valence-electron chi connectivity index (χ1n) is 10.8. The minimum atomic E-state index is -4.55. The van der Waals surface area contributed by atoms with Crippen LogP contribution in [0.1, 0.15) is 30.0 Å². The number of aromatic amines is 1.